The number of allylic oxidation sites excluding steroid dienone is 1. The molecule has 0 amide bonds. The second-order valence-electron chi connectivity index (χ2n) is 6.72. The molecule has 0 aromatic heterocycles. The van der Waals surface area contributed by atoms with Crippen molar-refractivity contribution in [2.75, 3.05) is 21.3 Å². The summed E-state index contributed by atoms with van der Waals surface area (Å²) in [4.78, 5) is 25.3. The van der Waals surface area contributed by atoms with E-state index in [1.165, 1.54) is 13.2 Å². The molecule has 1 saturated carbocycles. The predicted octanol–water partition coefficient (Wildman–Crippen LogP) is 1.49. The van der Waals surface area contributed by atoms with Crippen molar-refractivity contribution < 1.29 is 28.5 Å². The molecule has 7 heteroatoms. The molecular weight excluding hydrogens is 336 g/mol. The first kappa shape index (κ1) is 17.9. The molecule has 0 N–H and O–H groups in total. The Morgan fingerprint density at radius 1 is 1.21 bits per heavy atom. The van der Waals surface area contributed by atoms with Gasteiger partial charge in [-0.15, -0.1) is 11.6 Å². The van der Waals surface area contributed by atoms with Crippen molar-refractivity contribution in [3.63, 3.8) is 0 Å². The molecule has 1 aliphatic heterocycles. The van der Waals surface area contributed by atoms with Crippen LogP contribution in [0.3, 0.4) is 0 Å². The van der Waals surface area contributed by atoms with Crippen LogP contribution >= 0.6 is 11.6 Å². The van der Waals surface area contributed by atoms with Crippen LogP contribution in [0.5, 0.6) is 0 Å². The molecule has 3 rings (SSSR count). The summed E-state index contributed by atoms with van der Waals surface area (Å²) in [6.45, 7) is 1.83. The minimum absolute atomic E-state index is 0.0725. The van der Waals surface area contributed by atoms with E-state index in [0.717, 1.165) is 0 Å². The van der Waals surface area contributed by atoms with E-state index in [9.17, 15) is 9.59 Å². The van der Waals surface area contributed by atoms with Crippen molar-refractivity contribution in [3.8, 4) is 0 Å². The maximum atomic E-state index is 13.4. The number of hydrogen-bond acceptors (Lipinski definition) is 6. The Bertz CT molecular complexity index is 575. The van der Waals surface area contributed by atoms with Gasteiger partial charge in [-0.2, -0.15) is 0 Å². The summed E-state index contributed by atoms with van der Waals surface area (Å²) in [6, 6.07) is 0. The largest absolute Gasteiger partial charge is 0.497 e. The lowest BCUT2D eigenvalue weighted by Crippen LogP contribution is -2.52. The Balaban J connectivity index is 2.06. The van der Waals surface area contributed by atoms with Gasteiger partial charge in [-0.25, -0.2) is 0 Å². The molecule has 0 bridgehead atoms. The van der Waals surface area contributed by atoms with Crippen molar-refractivity contribution in [2.24, 2.45) is 11.8 Å². The average molecular weight is 359 g/mol. The number of fused-ring (bicyclic) bond motifs is 1. The van der Waals surface area contributed by atoms with Crippen molar-refractivity contribution in [1.29, 1.82) is 0 Å². The first-order valence-corrected chi connectivity index (χ1v) is 8.55. The second-order valence-corrected chi connectivity index (χ2v) is 7.22. The predicted molar refractivity (Wildman–Crippen MR) is 85.8 cm³/mol. The lowest BCUT2D eigenvalue weighted by Gasteiger charge is -2.39. The highest BCUT2D eigenvalue weighted by atomic mass is 35.5. The van der Waals surface area contributed by atoms with Gasteiger partial charge in [0.15, 0.2) is 17.2 Å². The summed E-state index contributed by atoms with van der Waals surface area (Å²) < 4.78 is 22.6. The van der Waals surface area contributed by atoms with Crippen LogP contribution in [-0.4, -0.2) is 62.2 Å². The molecule has 1 spiro atoms. The first-order valence-electron chi connectivity index (χ1n) is 8.11. The number of ketones is 2. The lowest BCUT2D eigenvalue weighted by atomic mass is 9.71. The first-order chi connectivity index (χ1) is 11.4. The van der Waals surface area contributed by atoms with Gasteiger partial charge in [0, 0.05) is 39.1 Å². The van der Waals surface area contributed by atoms with Gasteiger partial charge in [-0.1, -0.05) is 6.92 Å². The fourth-order valence-corrected chi connectivity index (χ4v) is 4.74. The van der Waals surface area contributed by atoms with Crippen molar-refractivity contribution in [2.45, 2.75) is 49.1 Å². The SMILES string of the molecule is COC1=CC(=O)C[C@@H](C)[C@]12OC1C(Cl)C(OC)CC(OC)C1C2=O. The van der Waals surface area contributed by atoms with Gasteiger partial charge < -0.3 is 18.9 Å². The van der Waals surface area contributed by atoms with E-state index in [1.54, 1.807) is 14.2 Å². The van der Waals surface area contributed by atoms with Crippen LogP contribution in [-0.2, 0) is 28.5 Å². The van der Waals surface area contributed by atoms with E-state index >= 15 is 0 Å². The van der Waals surface area contributed by atoms with Gasteiger partial charge in [0.05, 0.1) is 36.7 Å². The van der Waals surface area contributed by atoms with Crippen LogP contribution in [0.1, 0.15) is 19.8 Å². The Hall–Kier alpha value is -0.950. The van der Waals surface area contributed by atoms with Crippen molar-refractivity contribution in [3.05, 3.63) is 11.8 Å². The van der Waals surface area contributed by atoms with E-state index in [-0.39, 0.29) is 41.9 Å². The van der Waals surface area contributed by atoms with Gasteiger partial charge in [0.25, 0.3) is 0 Å². The van der Waals surface area contributed by atoms with Gasteiger partial charge in [0.1, 0.15) is 5.76 Å². The zero-order valence-corrected chi connectivity index (χ0v) is 15.0. The smallest absolute Gasteiger partial charge is 0.186 e. The van der Waals surface area contributed by atoms with Crippen LogP contribution in [0.2, 0.25) is 0 Å². The highest BCUT2D eigenvalue weighted by molar-refractivity contribution is 6.22. The van der Waals surface area contributed by atoms with E-state index in [2.05, 4.69) is 0 Å². The fourth-order valence-electron chi connectivity index (χ4n) is 4.32. The molecule has 1 saturated heterocycles. The molecular formula is C17H23ClO6. The van der Waals surface area contributed by atoms with E-state index in [0.29, 0.717) is 6.42 Å². The number of halogens is 1. The second kappa shape index (κ2) is 6.41. The molecule has 24 heavy (non-hydrogen) atoms. The third kappa shape index (κ3) is 2.35. The summed E-state index contributed by atoms with van der Waals surface area (Å²) in [6.07, 6.45) is 0.968. The number of Topliss-reactive ketones (excluding diaryl/α,β-unsaturated/α-hetero) is 1. The quantitative estimate of drug-likeness (QED) is 0.712. The maximum absolute atomic E-state index is 13.4. The topological polar surface area (TPSA) is 71.1 Å². The number of methoxy groups -OCH3 is 3. The summed E-state index contributed by atoms with van der Waals surface area (Å²) in [5, 5.41) is -0.474. The van der Waals surface area contributed by atoms with E-state index in [1.807, 2.05) is 6.92 Å². The summed E-state index contributed by atoms with van der Waals surface area (Å²) in [7, 11) is 4.60. The lowest BCUT2D eigenvalue weighted by molar-refractivity contribution is -0.145. The molecule has 2 fully saturated rings. The normalized spacial score (nSPS) is 45.3. The third-order valence-corrected chi connectivity index (χ3v) is 6.09. The number of rotatable bonds is 3. The number of carbonyl (C=O) groups is 2. The van der Waals surface area contributed by atoms with Gasteiger partial charge in [-0.3, -0.25) is 9.59 Å². The minimum atomic E-state index is -1.27. The maximum Gasteiger partial charge on any atom is 0.186 e. The molecule has 1 heterocycles. The highest BCUT2D eigenvalue weighted by Crippen LogP contribution is 2.51. The molecule has 3 aliphatic rings. The summed E-state index contributed by atoms with van der Waals surface area (Å²) in [5.41, 5.74) is -1.27. The molecule has 5 unspecified atom stereocenters. The Kier molecular flexibility index (Phi) is 4.77. The van der Waals surface area contributed by atoms with Gasteiger partial charge in [0.2, 0.25) is 0 Å². The van der Waals surface area contributed by atoms with Crippen molar-refractivity contribution in [1.82, 2.24) is 0 Å². The molecule has 2 aliphatic carbocycles. The van der Waals surface area contributed by atoms with Crippen LogP contribution in [0, 0.1) is 11.8 Å². The number of alkyl halides is 1. The number of ether oxygens (including phenoxy) is 4. The molecule has 134 valence electrons. The fraction of sp³-hybridized carbons (Fsp3) is 0.765. The Morgan fingerprint density at radius 3 is 2.46 bits per heavy atom. The van der Waals surface area contributed by atoms with Crippen LogP contribution in [0.25, 0.3) is 0 Å². The molecule has 0 radical (unpaired) electrons. The Labute approximate surface area is 146 Å². The number of carbonyl (C=O) groups excluding carboxylic acids is 2. The highest BCUT2D eigenvalue weighted by Gasteiger charge is 2.66. The minimum Gasteiger partial charge on any atom is -0.497 e. The zero-order chi connectivity index (χ0) is 17.6. The molecule has 0 aromatic carbocycles. The van der Waals surface area contributed by atoms with Crippen LogP contribution < -0.4 is 0 Å². The van der Waals surface area contributed by atoms with Crippen molar-refractivity contribution >= 4 is 23.2 Å². The van der Waals surface area contributed by atoms with E-state index in [4.69, 9.17) is 30.5 Å². The third-order valence-electron chi connectivity index (χ3n) is 5.56. The summed E-state index contributed by atoms with van der Waals surface area (Å²) in [5.74, 6) is -0.758. The molecule has 0 aromatic rings. The number of hydrogen-bond donors (Lipinski definition) is 0. The summed E-state index contributed by atoms with van der Waals surface area (Å²) >= 11 is 6.56. The van der Waals surface area contributed by atoms with E-state index < -0.39 is 23.0 Å². The van der Waals surface area contributed by atoms with Gasteiger partial charge >= 0.3 is 0 Å². The Morgan fingerprint density at radius 2 is 1.88 bits per heavy atom. The standard InChI is InChI=1S/C17H23ClO6/c1-8-5-9(19)6-12(23-4)17(8)16(20)13-10(21-2)7-11(22-3)14(18)15(13)24-17/h6,8,10-11,13-15H,5,7H2,1-4H3/t8-,10?,11?,13?,14?,15?,17+/m1/s1. The van der Waals surface area contributed by atoms with Crippen LogP contribution in [0.15, 0.2) is 11.8 Å². The monoisotopic (exact) mass is 358 g/mol. The molecule has 7 atom stereocenters. The molecule has 6 nitrogen and oxygen atoms in total. The van der Waals surface area contributed by atoms with Crippen LogP contribution in [0.4, 0.5) is 0 Å². The van der Waals surface area contributed by atoms with Gasteiger partial charge in [-0.05, 0) is 0 Å². The average Bonchev–Trinajstić information content (AvgIpc) is 2.87. The zero-order valence-electron chi connectivity index (χ0n) is 14.3.